The topological polar surface area (TPSA) is 121 Å². The van der Waals surface area contributed by atoms with Crippen LogP contribution in [0.4, 0.5) is 11.5 Å². The summed E-state index contributed by atoms with van der Waals surface area (Å²) in [6.07, 6.45) is 9.13. The van der Waals surface area contributed by atoms with Gasteiger partial charge in [-0.3, -0.25) is 19.6 Å². The highest BCUT2D eigenvalue weighted by Crippen LogP contribution is 2.43. The Morgan fingerprint density at radius 1 is 0.881 bits per heavy atom. The summed E-state index contributed by atoms with van der Waals surface area (Å²) in [4.78, 5) is 38.8. The maximum Gasteiger partial charge on any atom is 0.255 e. The van der Waals surface area contributed by atoms with Crippen molar-refractivity contribution < 1.29 is 9.59 Å². The van der Waals surface area contributed by atoms with E-state index in [0.29, 0.717) is 28.7 Å². The molecule has 4 aromatic rings. The Bertz CT molecular complexity index is 1750. The van der Waals surface area contributed by atoms with Crippen molar-refractivity contribution in [2.45, 2.75) is 57.8 Å². The van der Waals surface area contributed by atoms with E-state index in [-0.39, 0.29) is 17.7 Å². The van der Waals surface area contributed by atoms with E-state index >= 15 is 0 Å². The van der Waals surface area contributed by atoms with Gasteiger partial charge >= 0.3 is 0 Å². The zero-order valence-electron chi connectivity index (χ0n) is 23.9. The zero-order chi connectivity index (χ0) is 29.4. The molecule has 2 amide bonds. The normalized spacial score (nSPS) is 14.6. The van der Waals surface area contributed by atoms with Crippen LogP contribution in [0, 0.1) is 24.2 Å². The van der Waals surface area contributed by atoms with Crippen molar-refractivity contribution in [1.82, 2.24) is 15.0 Å². The van der Waals surface area contributed by atoms with Crippen LogP contribution in [0.25, 0.3) is 22.3 Å². The lowest BCUT2D eigenvalue weighted by atomic mass is 9.90. The highest BCUT2D eigenvalue weighted by Gasteiger charge is 2.30. The molecule has 2 saturated carbocycles. The Labute approximate surface area is 245 Å². The Morgan fingerprint density at radius 2 is 1.64 bits per heavy atom. The van der Waals surface area contributed by atoms with Crippen molar-refractivity contribution in [2.24, 2.45) is 5.92 Å². The van der Waals surface area contributed by atoms with Gasteiger partial charge in [0.15, 0.2) is 0 Å². The number of nitrogens with one attached hydrogen (secondary N) is 2. The van der Waals surface area contributed by atoms with Gasteiger partial charge in [-0.2, -0.15) is 5.26 Å². The molecule has 0 aliphatic heterocycles. The number of hydrogen-bond acceptors (Lipinski definition) is 6. The second-order valence-corrected chi connectivity index (χ2v) is 11.8. The molecule has 8 nitrogen and oxygen atoms in total. The van der Waals surface area contributed by atoms with Gasteiger partial charge in [-0.05, 0) is 111 Å². The number of aromatic nitrogens is 3. The van der Waals surface area contributed by atoms with Gasteiger partial charge in [0.2, 0.25) is 5.91 Å². The molecule has 0 radical (unpaired) electrons. The van der Waals surface area contributed by atoms with Crippen molar-refractivity contribution in [1.29, 1.82) is 5.26 Å². The SMILES string of the molecule is Cc1ncc(NC(=O)c2ccnc(C(C)(C)C#N)c2)cc1-c1cc(-c2ccnc(NC(=O)C3CC3)c2)cc(C2CC2)c1. The first-order valence-electron chi connectivity index (χ1n) is 14.3. The predicted octanol–water partition coefficient (Wildman–Crippen LogP) is 6.79. The lowest BCUT2D eigenvalue weighted by molar-refractivity contribution is -0.117. The molecule has 2 fully saturated rings. The summed E-state index contributed by atoms with van der Waals surface area (Å²) in [5, 5.41) is 15.4. The Hall–Kier alpha value is -4.90. The van der Waals surface area contributed by atoms with Crippen LogP contribution in [-0.4, -0.2) is 26.8 Å². The minimum absolute atomic E-state index is 0.0318. The third-order valence-electron chi connectivity index (χ3n) is 7.89. The van der Waals surface area contributed by atoms with Crippen molar-refractivity contribution in [2.75, 3.05) is 10.6 Å². The highest BCUT2D eigenvalue weighted by atomic mass is 16.2. The lowest BCUT2D eigenvalue weighted by Gasteiger charge is -2.16. The lowest BCUT2D eigenvalue weighted by Crippen LogP contribution is -2.18. The van der Waals surface area contributed by atoms with E-state index in [9.17, 15) is 14.9 Å². The van der Waals surface area contributed by atoms with E-state index in [2.05, 4.69) is 49.9 Å². The molecule has 2 aliphatic rings. The zero-order valence-corrected chi connectivity index (χ0v) is 23.9. The van der Waals surface area contributed by atoms with Gasteiger partial charge in [-0.1, -0.05) is 12.1 Å². The fourth-order valence-electron chi connectivity index (χ4n) is 4.95. The third-order valence-corrected chi connectivity index (χ3v) is 7.89. The fourth-order valence-corrected chi connectivity index (χ4v) is 4.95. The maximum atomic E-state index is 13.2. The van der Waals surface area contributed by atoms with Crippen LogP contribution >= 0.6 is 0 Å². The van der Waals surface area contributed by atoms with E-state index in [1.165, 1.54) is 5.56 Å². The van der Waals surface area contributed by atoms with Gasteiger partial charge in [0.25, 0.3) is 5.91 Å². The summed E-state index contributed by atoms with van der Waals surface area (Å²) >= 11 is 0. The summed E-state index contributed by atoms with van der Waals surface area (Å²) in [6, 6.07) is 17.9. The molecule has 6 rings (SSSR count). The summed E-state index contributed by atoms with van der Waals surface area (Å²) in [6.45, 7) is 5.50. The smallest absolute Gasteiger partial charge is 0.255 e. The van der Waals surface area contributed by atoms with Crippen molar-refractivity contribution in [3.63, 3.8) is 0 Å². The Morgan fingerprint density at radius 3 is 2.38 bits per heavy atom. The van der Waals surface area contributed by atoms with Gasteiger partial charge in [-0.25, -0.2) is 4.98 Å². The number of aryl methyl sites for hydroxylation is 1. The third kappa shape index (κ3) is 5.91. The van der Waals surface area contributed by atoms with Crippen LogP contribution in [0.3, 0.4) is 0 Å². The van der Waals surface area contributed by atoms with E-state index in [0.717, 1.165) is 53.6 Å². The van der Waals surface area contributed by atoms with Gasteiger partial charge < -0.3 is 10.6 Å². The standard InChI is InChI=1S/C34H32N6O2/c1-20-29(17-28(18-38-20)39-33(42)24-9-10-36-30(15-24)34(2,3)19-35)27-13-25(21-4-5-21)12-26(14-27)23-8-11-37-31(16-23)40-32(41)22-6-7-22/h8-18,21-22H,4-7H2,1-3H3,(H,39,42)(H,37,40,41). The molecule has 0 bridgehead atoms. The number of nitriles is 1. The minimum Gasteiger partial charge on any atom is -0.321 e. The number of carbonyl (C=O) groups is 2. The van der Waals surface area contributed by atoms with Gasteiger partial charge in [0, 0.05) is 35.1 Å². The molecule has 3 aromatic heterocycles. The first-order chi connectivity index (χ1) is 20.2. The van der Waals surface area contributed by atoms with E-state index in [1.54, 1.807) is 44.6 Å². The molecule has 210 valence electrons. The molecular formula is C34H32N6O2. The van der Waals surface area contributed by atoms with Crippen LogP contribution in [0.1, 0.15) is 72.8 Å². The quantitative estimate of drug-likeness (QED) is 0.246. The molecule has 0 unspecified atom stereocenters. The summed E-state index contributed by atoms with van der Waals surface area (Å²) in [7, 11) is 0. The van der Waals surface area contributed by atoms with Crippen molar-refractivity contribution in [3.05, 3.63) is 89.6 Å². The number of amides is 2. The minimum atomic E-state index is -0.808. The first kappa shape index (κ1) is 27.3. The molecule has 2 N–H and O–H groups in total. The molecular weight excluding hydrogens is 524 g/mol. The number of hydrogen-bond donors (Lipinski definition) is 2. The number of rotatable bonds is 8. The van der Waals surface area contributed by atoms with E-state index in [1.807, 2.05) is 25.1 Å². The monoisotopic (exact) mass is 556 g/mol. The van der Waals surface area contributed by atoms with Gasteiger partial charge in [-0.15, -0.1) is 0 Å². The second-order valence-electron chi connectivity index (χ2n) is 11.8. The number of benzene rings is 1. The molecule has 42 heavy (non-hydrogen) atoms. The maximum absolute atomic E-state index is 13.2. The molecule has 0 saturated heterocycles. The van der Waals surface area contributed by atoms with E-state index in [4.69, 9.17) is 0 Å². The first-order valence-corrected chi connectivity index (χ1v) is 14.3. The number of pyridine rings is 3. The highest BCUT2D eigenvalue weighted by molar-refractivity contribution is 6.04. The number of carbonyl (C=O) groups excluding carboxylic acids is 2. The van der Waals surface area contributed by atoms with Crippen molar-refractivity contribution >= 4 is 23.3 Å². The molecule has 8 heteroatoms. The van der Waals surface area contributed by atoms with Gasteiger partial charge in [0.1, 0.15) is 5.82 Å². The van der Waals surface area contributed by atoms with Crippen LogP contribution in [0.5, 0.6) is 0 Å². The summed E-state index contributed by atoms with van der Waals surface area (Å²) in [5.74, 6) is 0.920. The van der Waals surface area contributed by atoms with Crippen LogP contribution in [0.2, 0.25) is 0 Å². The van der Waals surface area contributed by atoms with Crippen LogP contribution in [0.15, 0.2) is 67.1 Å². The average Bonchev–Trinajstić information content (AvgIpc) is 3.91. The average molecular weight is 557 g/mol. The van der Waals surface area contributed by atoms with Crippen LogP contribution in [-0.2, 0) is 10.2 Å². The summed E-state index contributed by atoms with van der Waals surface area (Å²) < 4.78 is 0. The van der Waals surface area contributed by atoms with E-state index < -0.39 is 5.41 Å². The largest absolute Gasteiger partial charge is 0.321 e. The molecule has 0 atom stereocenters. The predicted molar refractivity (Wildman–Crippen MR) is 162 cm³/mol. The molecule has 2 aliphatic carbocycles. The molecule has 1 aromatic carbocycles. The summed E-state index contributed by atoms with van der Waals surface area (Å²) in [5.41, 5.74) is 6.79. The molecule has 3 heterocycles. The fraction of sp³-hybridized carbons (Fsp3) is 0.294. The van der Waals surface area contributed by atoms with Crippen molar-refractivity contribution in [3.8, 4) is 28.3 Å². The number of nitrogens with zero attached hydrogens (tertiary/aromatic N) is 4. The molecule has 0 spiro atoms. The number of anilines is 2. The Kier molecular flexibility index (Phi) is 7.03. The Balaban J connectivity index is 1.31. The second kappa shape index (κ2) is 10.8. The van der Waals surface area contributed by atoms with Gasteiger partial charge in [0.05, 0.1) is 29.1 Å². The van der Waals surface area contributed by atoms with Crippen LogP contribution < -0.4 is 10.6 Å².